The molecule has 1 aromatic heterocycles. The minimum absolute atomic E-state index is 0.0834. The molecule has 3 atom stereocenters. The first-order valence-corrected chi connectivity index (χ1v) is 8.76. The predicted octanol–water partition coefficient (Wildman–Crippen LogP) is 3.28. The third-order valence-electron chi connectivity index (χ3n) is 6.15. The smallest absolute Gasteiger partial charge is 0.136 e. The Labute approximate surface area is 142 Å². The molecule has 2 aliphatic rings. The first kappa shape index (κ1) is 15.4. The SMILES string of the molecule is COc1cccc([C@]23CCC(=O)[C@@H](C)[C@@H]2CCc2cn(C)nc23)c1. The van der Waals surface area contributed by atoms with Crippen LogP contribution in [-0.2, 0) is 23.7 Å². The van der Waals surface area contributed by atoms with Gasteiger partial charge in [-0.1, -0.05) is 19.1 Å². The number of carbonyl (C=O) groups is 1. The molecule has 0 spiro atoms. The van der Waals surface area contributed by atoms with E-state index < -0.39 is 0 Å². The van der Waals surface area contributed by atoms with E-state index in [-0.39, 0.29) is 11.3 Å². The molecule has 0 bridgehead atoms. The standard InChI is InChI=1S/C20H24N2O2/c1-13-17-8-7-14-12-22(2)21-19(14)20(17,10-9-18(13)23)15-5-4-6-16(11-15)24-3/h4-6,11-13,17H,7-10H2,1-3H3/t13-,17-,20+/m0/s1. The summed E-state index contributed by atoms with van der Waals surface area (Å²) in [4.78, 5) is 12.4. The molecule has 2 aliphatic carbocycles. The van der Waals surface area contributed by atoms with Crippen LogP contribution in [0.15, 0.2) is 30.5 Å². The van der Waals surface area contributed by atoms with Crippen molar-refractivity contribution in [2.45, 2.75) is 38.0 Å². The lowest BCUT2D eigenvalue weighted by atomic mass is 9.53. The summed E-state index contributed by atoms with van der Waals surface area (Å²) in [5, 5.41) is 4.86. The monoisotopic (exact) mass is 324 g/mol. The third kappa shape index (κ3) is 2.05. The van der Waals surface area contributed by atoms with Crippen LogP contribution in [0.5, 0.6) is 5.75 Å². The first-order chi connectivity index (χ1) is 11.6. The Kier molecular flexibility index (Phi) is 3.52. The van der Waals surface area contributed by atoms with E-state index in [2.05, 4.69) is 31.3 Å². The van der Waals surface area contributed by atoms with Crippen molar-refractivity contribution in [3.63, 3.8) is 0 Å². The maximum absolute atomic E-state index is 12.4. The number of Topliss-reactive ketones (excluding diaryl/α,β-unsaturated/α-hetero) is 1. The number of ketones is 1. The largest absolute Gasteiger partial charge is 0.497 e. The molecule has 0 radical (unpaired) electrons. The molecule has 1 saturated carbocycles. The van der Waals surface area contributed by atoms with Crippen LogP contribution in [-0.4, -0.2) is 22.7 Å². The van der Waals surface area contributed by atoms with Crippen molar-refractivity contribution in [1.82, 2.24) is 9.78 Å². The van der Waals surface area contributed by atoms with E-state index in [1.165, 1.54) is 16.8 Å². The average Bonchev–Trinajstić information content (AvgIpc) is 2.99. The van der Waals surface area contributed by atoms with Gasteiger partial charge in [-0.15, -0.1) is 0 Å². The molecule has 0 amide bonds. The van der Waals surface area contributed by atoms with Crippen molar-refractivity contribution in [3.8, 4) is 5.75 Å². The number of ether oxygens (including phenoxy) is 1. The summed E-state index contributed by atoms with van der Waals surface area (Å²) in [6.07, 6.45) is 5.68. The molecule has 126 valence electrons. The second-order valence-electron chi connectivity index (χ2n) is 7.28. The number of fused-ring (bicyclic) bond motifs is 3. The fourth-order valence-electron chi connectivity index (χ4n) is 4.98. The summed E-state index contributed by atoms with van der Waals surface area (Å²) in [6, 6.07) is 8.36. The highest BCUT2D eigenvalue weighted by Gasteiger charge is 2.53. The van der Waals surface area contributed by atoms with Crippen molar-refractivity contribution in [2.75, 3.05) is 7.11 Å². The Morgan fingerprint density at radius 2 is 2.17 bits per heavy atom. The summed E-state index contributed by atoms with van der Waals surface area (Å²) in [5.41, 5.74) is 3.58. The van der Waals surface area contributed by atoms with E-state index in [0.717, 1.165) is 25.0 Å². The Morgan fingerprint density at radius 1 is 1.33 bits per heavy atom. The van der Waals surface area contributed by atoms with E-state index in [1.54, 1.807) is 7.11 Å². The quantitative estimate of drug-likeness (QED) is 0.851. The molecule has 1 heterocycles. The Hall–Kier alpha value is -2.10. The zero-order valence-corrected chi connectivity index (χ0v) is 14.6. The van der Waals surface area contributed by atoms with E-state index in [9.17, 15) is 4.79 Å². The molecule has 4 heteroatoms. The van der Waals surface area contributed by atoms with E-state index in [0.29, 0.717) is 18.1 Å². The summed E-state index contributed by atoms with van der Waals surface area (Å²) in [7, 11) is 3.69. The number of hydrogen-bond acceptors (Lipinski definition) is 3. The number of benzene rings is 1. The van der Waals surface area contributed by atoms with Crippen molar-refractivity contribution in [3.05, 3.63) is 47.3 Å². The normalized spacial score (nSPS) is 29.0. The number of nitrogens with zero attached hydrogens (tertiary/aromatic N) is 2. The molecule has 1 fully saturated rings. The second-order valence-corrected chi connectivity index (χ2v) is 7.28. The van der Waals surface area contributed by atoms with E-state index >= 15 is 0 Å². The molecule has 2 aromatic rings. The van der Waals surface area contributed by atoms with Gasteiger partial charge in [0.05, 0.1) is 12.8 Å². The molecule has 0 N–H and O–H groups in total. The Bertz CT molecular complexity index is 795. The van der Waals surface area contributed by atoms with Gasteiger partial charge in [-0.05, 0) is 48.4 Å². The highest BCUT2D eigenvalue weighted by atomic mass is 16.5. The molecular weight excluding hydrogens is 300 g/mol. The van der Waals surface area contributed by atoms with Gasteiger partial charge in [0.2, 0.25) is 0 Å². The minimum Gasteiger partial charge on any atom is -0.497 e. The van der Waals surface area contributed by atoms with E-state index in [4.69, 9.17) is 9.84 Å². The van der Waals surface area contributed by atoms with Crippen LogP contribution in [0.25, 0.3) is 0 Å². The molecule has 0 aliphatic heterocycles. The van der Waals surface area contributed by atoms with Crippen LogP contribution in [0.1, 0.15) is 43.0 Å². The fourth-order valence-corrected chi connectivity index (χ4v) is 4.98. The molecular formula is C20H24N2O2. The van der Waals surface area contributed by atoms with Crippen molar-refractivity contribution >= 4 is 5.78 Å². The molecule has 4 rings (SSSR count). The lowest BCUT2D eigenvalue weighted by Gasteiger charge is -2.49. The first-order valence-electron chi connectivity index (χ1n) is 8.76. The maximum atomic E-state index is 12.4. The molecule has 4 nitrogen and oxygen atoms in total. The maximum Gasteiger partial charge on any atom is 0.136 e. The van der Waals surface area contributed by atoms with Crippen LogP contribution in [0, 0.1) is 11.8 Å². The average molecular weight is 324 g/mol. The highest BCUT2D eigenvalue weighted by Crippen LogP contribution is 2.54. The Morgan fingerprint density at radius 3 is 2.96 bits per heavy atom. The number of aryl methyl sites for hydroxylation is 2. The lowest BCUT2D eigenvalue weighted by Crippen LogP contribution is -2.49. The molecule has 0 saturated heterocycles. The topological polar surface area (TPSA) is 44.1 Å². The van der Waals surface area contributed by atoms with E-state index in [1.807, 2.05) is 17.8 Å². The number of rotatable bonds is 2. The van der Waals surface area contributed by atoms with Gasteiger partial charge in [0.25, 0.3) is 0 Å². The fraction of sp³-hybridized carbons (Fsp3) is 0.500. The molecule has 0 unspecified atom stereocenters. The Balaban J connectivity index is 1.96. The van der Waals surface area contributed by atoms with Gasteiger partial charge >= 0.3 is 0 Å². The van der Waals surface area contributed by atoms with Gasteiger partial charge in [-0.2, -0.15) is 5.10 Å². The van der Waals surface area contributed by atoms with Crippen LogP contribution < -0.4 is 4.74 Å². The van der Waals surface area contributed by atoms with Crippen molar-refractivity contribution in [1.29, 1.82) is 0 Å². The number of methoxy groups -OCH3 is 1. The lowest BCUT2D eigenvalue weighted by molar-refractivity contribution is -0.128. The molecule has 24 heavy (non-hydrogen) atoms. The third-order valence-corrected chi connectivity index (χ3v) is 6.15. The van der Waals surface area contributed by atoms with Gasteiger partial charge in [0.15, 0.2) is 0 Å². The summed E-state index contributed by atoms with van der Waals surface area (Å²) < 4.78 is 7.40. The van der Waals surface area contributed by atoms with Gasteiger partial charge in [0, 0.05) is 31.0 Å². The number of hydrogen-bond donors (Lipinski definition) is 0. The van der Waals surface area contributed by atoms with Crippen LogP contribution in [0.2, 0.25) is 0 Å². The zero-order chi connectivity index (χ0) is 16.9. The van der Waals surface area contributed by atoms with Gasteiger partial charge in [-0.3, -0.25) is 9.48 Å². The van der Waals surface area contributed by atoms with Crippen LogP contribution >= 0.6 is 0 Å². The second kappa shape index (κ2) is 5.47. The zero-order valence-electron chi connectivity index (χ0n) is 14.6. The summed E-state index contributed by atoms with van der Waals surface area (Å²) >= 11 is 0. The van der Waals surface area contributed by atoms with Gasteiger partial charge in [-0.25, -0.2) is 0 Å². The minimum atomic E-state index is -0.170. The van der Waals surface area contributed by atoms with Crippen molar-refractivity contribution < 1.29 is 9.53 Å². The van der Waals surface area contributed by atoms with Crippen LogP contribution in [0.3, 0.4) is 0 Å². The van der Waals surface area contributed by atoms with Crippen molar-refractivity contribution in [2.24, 2.45) is 18.9 Å². The summed E-state index contributed by atoms with van der Waals surface area (Å²) in [5.74, 6) is 1.67. The van der Waals surface area contributed by atoms with Gasteiger partial charge < -0.3 is 4.74 Å². The number of carbonyl (C=O) groups excluding carboxylic acids is 1. The predicted molar refractivity (Wildman–Crippen MR) is 92.2 cm³/mol. The van der Waals surface area contributed by atoms with Gasteiger partial charge in [0.1, 0.15) is 11.5 Å². The van der Waals surface area contributed by atoms with Crippen LogP contribution in [0.4, 0.5) is 0 Å². The summed E-state index contributed by atoms with van der Waals surface area (Å²) in [6.45, 7) is 2.11. The highest BCUT2D eigenvalue weighted by molar-refractivity contribution is 5.83. The number of aromatic nitrogens is 2. The molecule has 1 aromatic carbocycles.